The minimum absolute atomic E-state index is 0.0607. The van der Waals surface area contributed by atoms with E-state index in [2.05, 4.69) is 10.2 Å². The normalized spacial score (nSPS) is 16.4. The van der Waals surface area contributed by atoms with E-state index in [1.807, 2.05) is 0 Å². The summed E-state index contributed by atoms with van der Waals surface area (Å²) in [6.45, 7) is -0.351. The summed E-state index contributed by atoms with van der Waals surface area (Å²) in [7, 11) is -3.46. The van der Waals surface area contributed by atoms with Gasteiger partial charge in [-0.3, -0.25) is 19.6 Å². The average Bonchev–Trinajstić information content (AvgIpc) is 3.33. The molecular formula is C22H17ClF3N3O4S2. The van der Waals surface area contributed by atoms with Crippen LogP contribution in [0.15, 0.2) is 47.5 Å². The number of aromatic amines is 1. The van der Waals surface area contributed by atoms with Crippen LogP contribution in [0.25, 0.3) is 16.5 Å². The SMILES string of the molecule is CS(=O)(=O)CCN1C(=O)S/C(=C(/Cc2ccc(Cl)cc2C(F)(F)F)c2ccc3[nH]ncc3c2)C1=O. The molecule has 2 heterocycles. The molecule has 3 aromatic rings. The molecule has 1 fully saturated rings. The average molecular weight is 544 g/mol. The first-order valence-corrected chi connectivity index (χ1v) is 13.3. The van der Waals surface area contributed by atoms with Gasteiger partial charge in [0.2, 0.25) is 0 Å². The lowest BCUT2D eigenvalue weighted by Gasteiger charge is -2.17. The van der Waals surface area contributed by atoms with E-state index >= 15 is 0 Å². The number of H-pyrrole nitrogens is 1. The number of halogens is 4. The summed E-state index contributed by atoms with van der Waals surface area (Å²) in [5.74, 6) is -1.18. The van der Waals surface area contributed by atoms with E-state index < -0.39 is 38.5 Å². The monoisotopic (exact) mass is 543 g/mol. The molecule has 1 N–H and O–H groups in total. The van der Waals surface area contributed by atoms with Gasteiger partial charge < -0.3 is 0 Å². The Morgan fingerprint density at radius 2 is 1.91 bits per heavy atom. The third-order valence-corrected chi connectivity index (χ3v) is 7.52. The predicted molar refractivity (Wildman–Crippen MR) is 128 cm³/mol. The number of nitrogens with zero attached hydrogens (tertiary/aromatic N) is 2. The van der Waals surface area contributed by atoms with Crippen LogP contribution in [0.3, 0.4) is 0 Å². The van der Waals surface area contributed by atoms with Crippen molar-refractivity contribution in [1.29, 1.82) is 0 Å². The number of carbonyl (C=O) groups is 2. The van der Waals surface area contributed by atoms with Gasteiger partial charge in [0.15, 0.2) is 0 Å². The fourth-order valence-electron chi connectivity index (χ4n) is 3.63. The first kappa shape index (κ1) is 25.3. The Kier molecular flexibility index (Phi) is 6.73. The molecule has 184 valence electrons. The standard InChI is InChI=1S/C22H17ClF3N3O4S2/c1-35(32,33)7-6-29-20(30)19(34-21(29)31)16(12-3-5-18-14(8-12)11-27-28-18)9-13-2-4-15(23)10-17(13)22(24,25)26/h2-5,8,10-11H,6-7,9H2,1H3,(H,27,28)/b19-16-. The number of hydrogen-bond acceptors (Lipinski definition) is 6. The van der Waals surface area contributed by atoms with Crippen LogP contribution in [0.5, 0.6) is 0 Å². The smallest absolute Gasteiger partial charge is 0.278 e. The van der Waals surface area contributed by atoms with Crippen LogP contribution >= 0.6 is 23.4 Å². The molecule has 1 aliphatic rings. The van der Waals surface area contributed by atoms with Gasteiger partial charge in [0.25, 0.3) is 11.1 Å². The number of allylic oxidation sites excluding steroid dienone is 1. The van der Waals surface area contributed by atoms with E-state index in [0.717, 1.165) is 17.2 Å². The Morgan fingerprint density at radius 3 is 2.60 bits per heavy atom. The number of hydrogen-bond donors (Lipinski definition) is 1. The number of thioether (sulfide) groups is 1. The van der Waals surface area contributed by atoms with Crippen molar-refractivity contribution in [3.05, 3.63) is 69.2 Å². The Balaban J connectivity index is 1.84. The number of aromatic nitrogens is 2. The number of sulfone groups is 1. The first-order chi connectivity index (χ1) is 16.3. The minimum Gasteiger partial charge on any atom is -0.278 e. The fraction of sp³-hybridized carbons (Fsp3) is 0.227. The molecular weight excluding hydrogens is 527 g/mol. The van der Waals surface area contributed by atoms with Crippen LogP contribution in [0.1, 0.15) is 16.7 Å². The molecule has 1 saturated heterocycles. The Bertz CT molecular complexity index is 1480. The molecule has 4 rings (SSSR count). The number of benzene rings is 2. The molecule has 0 aliphatic carbocycles. The van der Waals surface area contributed by atoms with Crippen LogP contribution in [-0.4, -0.2) is 53.2 Å². The molecule has 0 bridgehead atoms. The highest BCUT2D eigenvalue weighted by atomic mass is 35.5. The summed E-state index contributed by atoms with van der Waals surface area (Å²) in [6.07, 6.45) is -2.52. The molecule has 2 amide bonds. The zero-order valence-corrected chi connectivity index (χ0v) is 20.4. The molecule has 35 heavy (non-hydrogen) atoms. The van der Waals surface area contributed by atoms with E-state index in [0.29, 0.717) is 28.2 Å². The summed E-state index contributed by atoms with van der Waals surface area (Å²) in [5.41, 5.74) is 0.217. The molecule has 1 aromatic heterocycles. The van der Waals surface area contributed by atoms with Crippen molar-refractivity contribution in [2.45, 2.75) is 12.6 Å². The number of alkyl halides is 3. The third kappa shape index (κ3) is 5.54. The highest BCUT2D eigenvalue weighted by Gasteiger charge is 2.39. The molecule has 0 unspecified atom stereocenters. The van der Waals surface area contributed by atoms with Crippen molar-refractivity contribution in [2.75, 3.05) is 18.6 Å². The maximum absolute atomic E-state index is 13.8. The Hall–Kier alpha value is -2.83. The van der Waals surface area contributed by atoms with Crippen molar-refractivity contribution >= 4 is 60.8 Å². The van der Waals surface area contributed by atoms with Crippen LogP contribution in [-0.2, 0) is 27.2 Å². The zero-order chi connectivity index (χ0) is 25.5. The second-order valence-electron chi connectivity index (χ2n) is 7.91. The second kappa shape index (κ2) is 9.32. The molecule has 0 spiro atoms. The van der Waals surface area contributed by atoms with E-state index in [1.54, 1.807) is 18.2 Å². The van der Waals surface area contributed by atoms with E-state index in [4.69, 9.17) is 11.6 Å². The number of fused-ring (bicyclic) bond motifs is 1. The van der Waals surface area contributed by atoms with Gasteiger partial charge in [-0.1, -0.05) is 23.7 Å². The lowest BCUT2D eigenvalue weighted by molar-refractivity contribution is -0.138. The molecule has 0 radical (unpaired) electrons. The summed E-state index contributed by atoms with van der Waals surface area (Å²) >= 11 is 6.38. The van der Waals surface area contributed by atoms with Crippen LogP contribution in [0, 0.1) is 0 Å². The van der Waals surface area contributed by atoms with E-state index in [-0.39, 0.29) is 34.0 Å². The fourth-order valence-corrected chi connectivity index (χ4v) is 5.29. The van der Waals surface area contributed by atoms with Crippen molar-refractivity contribution < 1.29 is 31.2 Å². The van der Waals surface area contributed by atoms with E-state index in [9.17, 15) is 31.2 Å². The number of nitrogens with one attached hydrogen (secondary N) is 1. The molecule has 0 saturated carbocycles. The first-order valence-electron chi connectivity index (χ1n) is 10.1. The van der Waals surface area contributed by atoms with Crippen molar-refractivity contribution in [2.24, 2.45) is 0 Å². The van der Waals surface area contributed by atoms with Gasteiger partial charge in [0.05, 0.1) is 27.9 Å². The van der Waals surface area contributed by atoms with Crippen LogP contribution in [0.2, 0.25) is 5.02 Å². The molecule has 2 aromatic carbocycles. The summed E-state index contributed by atoms with van der Waals surface area (Å²) in [6, 6.07) is 8.30. The van der Waals surface area contributed by atoms with Gasteiger partial charge in [-0.25, -0.2) is 8.42 Å². The third-order valence-electron chi connectivity index (χ3n) is 5.34. The van der Waals surface area contributed by atoms with E-state index in [1.165, 1.54) is 18.3 Å². The second-order valence-corrected chi connectivity index (χ2v) is 11.6. The van der Waals surface area contributed by atoms with Gasteiger partial charge >= 0.3 is 6.18 Å². The maximum atomic E-state index is 13.8. The summed E-state index contributed by atoms with van der Waals surface area (Å²) < 4.78 is 64.4. The van der Waals surface area contributed by atoms with Gasteiger partial charge in [-0.15, -0.1) is 0 Å². The van der Waals surface area contributed by atoms with Gasteiger partial charge in [-0.05, 0) is 59.1 Å². The molecule has 1 aliphatic heterocycles. The zero-order valence-electron chi connectivity index (χ0n) is 18.0. The number of carbonyl (C=O) groups excluding carboxylic acids is 2. The van der Waals surface area contributed by atoms with Gasteiger partial charge in [0, 0.05) is 23.2 Å². The summed E-state index contributed by atoms with van der Waals surface area (Å²) in [4.78, 5) is 26.5. The predicted octanol–water partition coefficient (Wildman–Crippen LogP) is 4.93. The van der Waals surface area contributed by atoms with Crippen molar-refractivity contribution in [1.82, 2.24) is 15.1 Å². The summed E-state index contributed by atoms with van der Waals surface area (Å²) in [5, 5.41) is 6.57. The van der Waals surface area contributed by atoms with Crippen molar-refractivity contribution in [3.8, 4) is 0 Å². The topological polar surface area (TPSA) is 100 Å². The number of rotatable bonds is 6. The lowest BCUT2D eigenvalue weighted by Crippen LogP contribution is -2.33. The highest BCUT2D eigenvalue weighted by Crippen LogP contribution is 2.41. The highest BCUT2D eigenvalue weighted by molar-refractivity contribution is 8.18. The number of imide groups is 1. The largest absolute Gasteiger partial charge is 0.416 e. The van der Waals surface area contributed by atoms with Crippen LogP contribution in [0.4, 0.5) is 18.0 Å². The number of amides is 2. The molecule has 7 nitrogen and oxygen atoms in total. The molecule has 13 heteroatoms. The van der Waals surface area contributed by atoms with Crippen molar-refractivity contribution in [3.63, 3.8) is 0 Å². The quantitative estimate of drug-likeness (QED) is 0.443. The Labute approximate surface area is 207 Å². The van der Waals surface area contributed by atoms with Crippen LogP contribution < -0.4 is 0 Å². The van der Waals surface area contributed by atoms with Gasteiger partial charge in [0.1, 0.15) is 9.84 Å². The lowest BCUT2D eigenvalue weighted by atomic mass is 9.93. The maximum Gasteiger partial charge on any atom is 0.416 e. The molecule has 0 atom stereocenters. The minimum atomic E-state index is -4.70. The van der Waals surface area contributed by atoms with Gasteiger partial charge in [-0.2, -0.15) is 18.3 Å². The Morgan fingerprint density at radius 1 is 1.17 bits per heavy atom.